The number of carboxylic acid groups (broad SMARTS) is 1. The van der Waals surface area contributed by atoms with Crippen LogP contribution in [0.25, 0.3) is 11.1 Å². The molecule has 1 aromatic heterocycles. The van der Waals surface area contributed by atoms with Crippen molar-refractivity contribution in [2.75, 3.05) is 5.32 Å². The van der Waals surface area contributed by atoms with Crippen LogP contribution in [0.3, 0.4) is 0 Å². The van der Waals surface area contributed by atoms with Crippen molar-refractivity contribution in [2.45, 2.75) is 19.4 Å². The maximum absolute atomic E-state index is 12.6. The van der Waals surface area contributed by atoms with Gasteiger partial charge >= 0.3 is 41.6 Å². The molecule has 2 amide bonds. The third kappa shape index (κ3) is 6.55. The molecule has 174 valence electrons. The average molecular weight is 514 g/mol. The Morgan fingerprint density at radius 1 is 1.15 bits per heavy atom. The van der Waals surface area contributed by atoms with E-state index in [0.29, 0.717) is 32.3 Å². The van der Waals surface area contributed by atoms with Gasteiger partial charge in [-0.1, -0.05) is 41.4 Å². The summed E-state index contributed by atoms with van der Waals surface area (Å²) in [5.74, 6) is -1.50. The van der Waals surface area contributed by atoms with Crippen LogP contribution in [-0.2, 0) is 11.8 Å². The molecule has 1 unspecified atom stereocenters. The van der Waals surface area contributed by atoms with E-state index in [0.717, 1.165) is 0 Å². The predicted octanol–water partition coefficient (Wildman–Crippen LogP) is 4.06. The molecule has 0 spiro atoms. The van der Waals surface area contributed by atoms with E-state index in [-0.39, 0.29) is 41.0 Å². The molecule has 1 heterocycles. The van der Waals surface area contributed by atoms with E-state index in [1.54, 1.807) is 49.4 Å². The number of anilines is 1. The van der Waals surface area contributed by atoms with E-state index < -0.39 is 30.0 Å². The van der Waals surface area contributed by atoms with Crippen molar-refractivity contribution < 1.29 is 19.8 Å². The van der Waals surface area contributed by atoms with Crippen molar-refractivity contribution in [3.63, 3.8) is 0 Å². The van der Waals surface area contributed by atoms with E-state index in [2.05, 4.69) is 10.6 Å². The minimum absolute atomic E-state index is 0. The van der Waals surface area contributed by atoms with Crippen LogP contribution in [0.1, 0.15) is 23.6 Å². The first-order valence-corrected chi connectivity index (χ1v) is 10.6. The summed E-state index contributed by atoms with van der Waals surface area (Å²) in [5, 5.41) is 25.4. The van der Waals surface area contributed by atoms with Gasteiger partial charge in [0.15, 0.2) is 5.69 Å². The number of carboxylic acids is 1. The minimum atomic E-state index is -1.14. The molecule has 0 fully saturated rings. The molecule has 11 heteroatoms. The van der Waals surface area contributed by atoms with Crippen molar-refractivity contribution in [1.82, 2.24) is 9.88 Å². The number of hydrogen-bond acceptors (Lipinski definition) is 4. The van der Waals surface area contributed by atoms with Crippen LogP contribution in [0.2, 0.25) is 10.0 Å². The summed E-state index contributed by atoms with van der Waals surface area (Å²) in [6, 6.07) is 10.1. The number of nitrogens with one attached hydrogen (secondary N) is 2. The first-order chi connectivity index (χ1) is 15.6. The number of nitrogens with zero attached hydrogens (tertiary/aromatic N) is 1. The number of carbonyl (C=O) groups excluding carboxylic acids is 1. The fraction of sp³-hybridized carbons (Fsp3) is 0.174. The fourth-order valence-electron chi connectivity index (χ4n) is 3.37. The molecule has 3 aromatic rings. The molecule has 8 nitrogen and oxygen atoms in total. The van der Waals surface area contributed by atoms with E-state index in [9.17, 15) is 24.6 Å². The Morgan fingerprint density at radius 3 is 2.53 bits per heavy atom. The number of amides is 2. The summed E-state index contributed by atoms with van der Waals surface area (Å²) in [4.78, 5) is 36.4. The quantitative estimate of drug-likeness (QED) is 0.370. The second-order valence-corrected chi connectivity index (χ2v) is 8.29. The number of aryl methyl sites for hydroxylation is 2. The number of carbonyl (C=O) groups is 2. The van der Waals surface area contributed by atoms with Gasteiger partial charge in [0.2, 0.25) is 0 Å². The molecule has 0 bridgehead atoms. The molecule has 0 saturated heterocycles. The monoisotopic (exact) mass is 513 g/mol. The number of benzene rings is 2. The number of urea groups is 1. The SMILES string of the molecule is Cc1cn(C)c(=O)c(NC(=O)NC(CC(=O)O)c2cccc(-c3cc(Cl)ccc3Cl)c2)c1O.[NaH]. The van der Waals surface area contributed by atoms with E-state index in [4.69, 9.17) is 23.2 Å². The molecule has 1 atom stereocenters. The average Bonchev–Trinajstić information content (AvgIpc) is 2.76. The van der Waals surface area contributed by atoms with Crippen LogP contribution in [0.15, 0.2) is 53.5 Å². The van der Waals surface area contributed by atoms with E-state index in [1.807, 2.05) is 0 Å². The topological polar surface area (TPSA) is 121 Å². The Balaban J connectivity index is 0.00000408. The molecular formula is C23H22Cl2N3NaO5. The summed E-state index contributed by atoms with van der Waals surface area (Å²) in [5.41, 5.74) is 1.31. The number of aromatic nitrogens is 1. The molecular weight excluding hydrogens is 492 g/mol. The van der Waals surface area contributed by atoms with Gasteiger partial charge in [-0.05, 0) is 42.3 Å². The first-order valence-electron chi connectivity index (χ1n) is 9.80. The zero-order chi connectivity index (χ0) is 24.3. The van der Waals surface area contributed by atoms with Crippen molar-refractivity contribution in [1.29, 1.82) is 0 Å². The summed E-state index contributed by atoms with van der Waals surface area (Å²) in [6.07, 6.45) is 1.01. The predicted molar refractivity (Wildman–Crippen MR) is 134 cm³/mol. The summed E-state index contributed by atoms with van der Waals surface area (Å²) < 4.78 is 1.22. The number of aromatic hydroxyl groups is 1. The van der Waals surface area contributed by atoms with E-state index >= 15 is 0 Å². The molecule has 34 heavy (non-hydrogen) atoms. The van der Waals surface area contributed by atoms with E-state index in [1.165, 1.54) is 17.8 Å². The third-order valence-corrected chi connectivity index (χ3v) is 5.55. The van der Waals surface area contributed by atoms with Gasteiger partial charge in [0.05, 0.1) is 12.5 Å². The van der Waals surface area contributed by atoms with Gasteiger partial charge in [0.25, 0.3) is 5.56 Å². The Labute approximate surface area is 227 Å². The van der Waals surface area contributed by atoms with Crippen LogP contribution in [0.4, 0.5) is 10.5 Å². The number of rotatable bonds is 6. The van der Waals surface area contributed by atoms with Crippen LogP contribution < -0.4 is 16.2 Å². The Morgan fingerprint density at radius 2 is 1.85 bits per heavy atom. The molecule has 2 aromatic carbocycles. The van der Waals surface area contributed by atoms with Gasteiger partial charge in [-0.3, -0.25) is 9.59 Å². The number of pyridine rings is 1. The number of hydrogen-bond donors (Lipinski definition) is 4. The first kappa shape index (κ1) is 27.8. The second kappa shape index (κ2) is 11.8. The summed E-state index contributed by atoms with van der Waals surface area (Å²) >= 11 is 12.4. The van der Waals surface area contributed by atoms with Gasteiger partial charge in [0.1, 0.15) is 5.75 Å². The molecule has 0 radical (unpaired) electrons. The van der Waals surface area contributed by atoms with Crippen molar-refractivity contribution in [2.24, 2.45) is 7.05 Å². The molecule has 3 rings (SSSR count). The Kier molecular flexibility index (Phi) is 9.61. The van der Waals surface area contributed by atoms with Crippen LogP contribution in [0, 0.1) is 6.92 Å². The Bertz CT molecular complexity index is 1300. The third-order valence-electron chi connectivity index (χ3n) is 4.98. The van der Waals surface area contributed by atoms with Gasteiger partial charge in [0, 0.05) is 34.4 Å². The molecule has 0 saturated carbocycles. The van der Waals surface area contributed by atoms with Crippen LogP contribution >= 0.6 is 23.2 Å². The van der Waals surface area contributed by atoms with Crippen molar-refractivity contribution in [3.8, 4) is 16.9 Å². The molecule has 0 aliphatic heterocycles. The summed E-state index contributed by atoms with van der Waals surface area (Å²) in [7, 11) is 1.48. The number of halogens is 2. The van der Waals surface area contributed by atoms with Gasteiger partial charge in [-0.25, -0.2) is 4.79 Å². The van der Waals surface area contributed by atoms with Gasteiger partial charge < -0.3 is 25.4 Å². The van der Waals surface area contributed by atoms with Gasteiger partial charge in [-0.2, -0.15) is 0 Å². The standard InChI is InChI=1S/C23H21Cl2N3O5.Na.H/c1-12-11-28(2)22(32)20(21(12)31)27-23(33)26-18(10-19(29)30)14-5-3-4-13(8-14)16-9-15(24)6-7-17(16)25;;/h3-9,11,18,31H,10H2,1-2H3,(H,29,30)(H2,26,27,33);;. The van der Waals surface area contributed by atoms with Gasteiger partial charge in [-0.15, -0.1) is 0 Å². The summed E-state index contributed by atoms with van der Waals surface area (Å²) in [6.45, 7) is 1.58. The van der Waals surface area contributed by atoms with Crippen molar-refractivity contribution in [3.05, 3.63) is 80.2 Å². The normalized spacial score (nSPS) is 11.3. The molecule has 0 aliphatic rings. The molecule has 4 N–H and O–H groups in total. The van der Waals surface area contributed by atoms with Crippen molar-refractivity contribution >= 4 is 70.4 Å². The molecule has 0 aliphatic carbocycles. The number of aliphatic carboxylic acids is 1. The Hall–Kier alpha value is -2.49. The second-order valence-electron chi connectivity index (χ2n) is 7.45. The van der Waals surface area contributed by atoms with Crippen LogP contribution in [-0.4, -0.2) is 56.3 Å². The zero-order valence-corrected chi connectivity index (χ0v) is 19.2. The van der Waals surface area contributed by atoms with Crippen LogP contribution in [0.5, 0.6) is 5.75 Å². The fourth-order valence-corrected chi connectivity index (χ4v) is 3.77. The zero-order valence-electron chi connectivity index (χ0n) is 17.7. The maximum atomic E-state index is 12.6.